The highest BCUT2D eigenvalue weighted by atomic mass is 16.3. The standard InChI is InChI=1S/C21H30O4/c1-11(22)15-9-17(24)19-14-5-4-12-8-13(23)6-7-20(12,2)16(14)10-18(25)21(15,19)3/h8,14-19,24-25H,4-7,9-10H2,1-3H3/t14-,15-,16?,17+,18-,19?,20+,21+/m1/s1. The quantitative estimate of drug-likeness (QED) is 0.765. The molecule has 0 aromatic heterocycles. The lowest BCUT2D eigenvalue weighted by Crippen LogP contribution is -2.58. The Morgan fingerprint density at radius 1 is 1.20 bits per heavy atom. The molecule has 4 aliphatic rings. The average Bonchev–Trinajstić information content (AvgIpc) is 2.82. The van der Waals surface area contributed by atoms with Crippen LogP contribution < -0.4 is 0 Å². The molecule has 0 heterocycles. The van der Waals surface area contributed by atoms with Crippen molar-refractivity contribution in [2.45, 2.75) is 71.5 Å². The van der Waals surface area contributed by atoms with E-state index in [1.807, 2.05) is 13.0 Å². The van der Waals surface area contributed by atoms with Crippen LogP contribution in [0.4, 0.5) is 0 Å². The molecule has 4 heteroatoms. The van der Waals surface area contributed by atoms with Gasteiger partial charge in [0.25, 0.3) is 0 Å². The maximum atomic E-state index is 12.2. The molecule has 0 amide bonds. The zero-order valence-electron chi connectivity index (χ0n) is 15.5. The third kappa shape index (κ3) is 2.19. The zero-order valence-corrected chi connectivity index (χ0v) is 15.5. The molecule has 4 aliphatic carbocycles. The van der Waals surface area contributed by atoms with E-state index >= 15 is 0 Å². The van der Waals surface area contributed by atoms with Gasteiger partial charge >= 0.3 is 0 Å². The summed E-state index contributed by atoms with van der Waals surface area (Å²) in [5.41, 5.74) is 0.679. The van der Waals surface area contributed by atoms with Crippen LogP contribution in [0.1, 0.15) is 59.3 Å². The number of hydrogen-bond acceptors (Lipinski definition) is 4. The number of aliphatic hydroxyl groups is 2. The molecule has 25 heavy (non-hydrogen) atoms. The van der Waals surface area contributed by atoms with Gasteiger partial charge in [0.15, 0.2) is 5.78 Å². The third-order valence-electron chi connectivity index (χ3n) is 8.55. The molecular weight excluding hydrogens is 316 g/mol. The second-order valence-electron chi connectivity index (χ2n) is 9.47. The molecular formula is C21H30O4. The number of carbonyl (C=O) groups is 2. The molecule has 2 N–H and O–H groups in total. The summed E-state index contributed by atoms with van der Waals surface area (Å²) in [7, 11) is 0. The summed E-state index contributed by atoms with van der Waals surface area (Å²) < 4.78 is 0. The van der Waals surface area contributed by atoms with Gasteiger partial charge in [0.1, 0.15) is 5.78 Å². The van der Waals surface area contributed by atoms with Crippen molar-refractivity contribution < 1.29 is 19.8 Å². The van der Waals surface area contributed by atoms with Gasteiger partial charge in [-0.25, -0.2) is 0 Å². The van der Waals surface area contributed by atoms with Gasteiger partial charge in [-0.1, -0.05) is 19.4 Å². The van der Waals surface area contributed by atoms with Crippen LogP contribution >= 0.6 is 0 Å². The minimum Gasteiger partial charge on any atom is -0.393 e. The lowest BCUT2D eigenvalue weighted by atomic mass is 9.45. The first-order valence-corrected chi connectivity index (χ1v) is 9.80. The summed E-state index contributed by atoms with van der Waals surface area (Å²) >= 11 is 0. The van der Waals surface area contributed by atoms with E-state index in [0.29, 0.717) is 25.2 Å². The minimum absolute atomic E-state index is 0.0221. The Hall–Kier alpha value is -1.00. The summed E-state index contributed by atoms with van der Waals surface area (Å²) in [6.07, 6.45) is 5.21. The SMILES string of the molecule is CC(=O)[C@H]1C[C@H](O)C2[C@@H]3CCC4=CC(=O)CC[C@]4(C)C3C[C@@H](O)[C@@]21C. The molecule has 138 valence electrons. The molecule has 0 spiro atoms. The molecule has 4 nitrogen and oxygen atoms in total. The van der Waals surface area contributed by atoms with Gasteiger partial charge in [0, 0.05) is 17.8 Å². The maximum absolute atomic E-state index is 12.2. The highest BCUT2D eigenvalue weighted by Gasteiger charge is 2.65. The van der Waals surface area contributed by atoms with Crippen LogP contribution in [-0.2, 0) is 9.59 Å². The van der Waals surface area contributed by atoms with Crippen molar-refractivity contribution >= 4 is 11.6 Å². The topological polar surface area (TPSA) is 74.6 Å². The van der Waals surface area contributed by atoms with Gasteiger partial charge in [-0.05, 0) is 68.3 Å². The van der Waals surface area contributed by atoms with Crippen LogP contribution in [0.5, 0.6) is 0 Å². The molecule has 0 saturated heterocycles. The number of ketones is 2. The molecule has 4 rings (SSSR count). The van der Waals surface area contributed by atoms with E-state index in [9.17, 15) is 19.8 Å². The normalized spacial score (nSPS) is 52.0. The summed E-state index contributed by atoms with van der Waals surface area (Å²) in [6, 6.07) is 0. The van der Waals surface area contributed by atoms with Crippen molar-refractivity contribution in [2.75, 3.05) is 0 Å². The Labute approximate surface area is 149 Å². The van der Waals surface area contributed by atoms with Crippen molar-refractivity contribution in [3.63, 3.8) is 0 Å². The Morgan fingerprint density at radius 3 is 2.60 bits per heavy atom. The van der Waals surface area contributed by atoms with Crippen LogP contribution in [0.2, 0.25) is 0 Å². The number of rotatable bonds is 1. The fourth-order valence-corrected chi connectivity index (χ4v) is 7.20. The Balaban J connectivity index is 1.75. The molecule has 2 unspecified atom stereocenters. The van der Waals surface area contributed by atoms with Gasteiger partial charge in [0.2, 0.25) is 0 Å². The summed E-state index contributed by atoms with van der Waals surface area (Å²) in [5, 5.41) is 22.0. The third-order valence-corrected chi connectivity index (χ3v) is 8.55. The fourth-order valence-electron chi connectivity index (χ4n) is 7.20. The van der Waals surface area contributed by atoms with Crippen LogP contribution in [0.25, 0.3) is 0 Å². The van der Waals surface area contributed by atoms with E-state index in [-0.39, 0.29) is 34.7 Å². The Kier molecular flexibility index (Phi) is 3.83. The number of fused-ring (bicyclic) bond motifs is 5. The zero-order chi connectivity index (χ0) is 18.1. The van der Waals surface area contributed by atoms with E-state index in [1.54, 1.807) is 6.92 Å². The molecule has 0 bridgehead atoms. The van der Waals surface area contributed by atoms with E-state index in [0.717, 1.165) is 19.3 Å². The molecule has 0 aromatic rings. The van der Waals surface area contributed by atoms with Crippen LogP contribution in [0.3, 0.4) is 0 Å². The fraction of sp³-hybridized carbons (Fsp3) is 0.810. The smallest absolute Gasteiger partial charge is 0.155 e. The summed E-state index contributed by atoms with van der Waals surface area (Å²) in [6.45, 7) is 5.87. The molecule has 0 radical (unpaired) electrons. The largest absolute Gasteiger partial charge is 0.393 e. The summed E-state index contributed by atoms with van der Waals surface area (Å²) in [5.74, 6) is 0.654. The van der Waals surface area contributed by atoms with Crippen LogP contribution in [0.15, 0.2) is 11.6 Å². The van der Waals surface area contributed by atoms with Gasteiger partial charge < -0.3 is 10.2 Å². The second-order valence-corrected chi connectivity index (χ2v) is 9.47. The number of Topliss-reactive ketones (excluding diaryl/α,β-unsaturated/α-hetero) is 1. The first-order valence-electron chi connectivity index (χ1n) is 9.80. The monoisotopic (exact) mass is 346 g/mol. The summed E-state index contributed by atoms with van der Waals surface area (Å²) in [4.78, 5) is 24.1. The number of allylic oxidation sites excluding steroid dienone is 1. The Bertz CT molecular complexity index is 652. The number of aliphatic hydroxyl groups excluding tert-OH is 2. The van der Waals surface area contributed by atoms with Crippen LogP contribution in [0, 0.1) is 34.5 Å². The van der Waals surface area contributed by atoms with Gasteiger partial charge in [-0.2, -0.15) is 0 Å². The average molecular weight is 346 g/mol. The van der Waals surface area contributed by atoms with Crippen molar-refractivity contribution in [1.82, 2.24) is 0 Å². The van der Waals surface area contributed by atoms with E-state index in [1.165, 1.54) is 5.57 Å². The van der Waals surface area contributed by atoms with Gasteiger partial charge in [0.05, 0.1) is 12.2 Å². The van der Waals surface area contributed by atoms with Crippen LogP contribution in [-0.4, -0.2) is 34.0 Å². The number of carbonyl (C=O) groups excluding carboxylic acids is 2. The molecule has 3 saturated carbocycles. The lowest BCUT2D eigenvalue weighted by Gasteiger charge is -2.59. The molecule has 0 aromatic carbocycles. The first kappa shape index (κ1) is 17.4. The first-order chi connectivity index (χ1) is 11.7. The lowest BCUT2D eigenvalue weighted by molar-refractivity contribution is -0.157. The predicted molar refractivity (Wildman–Crippen MR) is 93.7 cm³/mol. The van der Waals surface area contributed by atoms with Crippen molar-refractivity contribution in [1.29, 1.82) is 0 Å². The minimum atomic E-state index is -0.571. The van der Waals surface area contributed by atoms with Crippen molar-refractivity contribution in [3.05, 3.63) is 11.6 Å². The van der Waals surface area contributed by atoms with Crippen molar-refractivity contribution in [3.8, 4) is 0 Å². The highest BCUT2D eigenvalue weighted by Crippen LogP contribution is 2.66. The Morgan fingerprint density at radius 2 is 1.92 bits per heavy atom. The van der Waals surface area contributed by atoms with Gasteiger partial charge in [-0.15, -0.1) is 0 Å². The molecule has 0 aliphatic heterocycles. The molecule has 3 fully saturated rings. The number of hydrogen-bond donors (Lipinski definition) is 2. The maximum Gasteiger partial charge on any atom is 0.155 e. The second kappa shape index (κ2) is 5.50. The van der Waals surface area contributed by atoms with E-state index < -0.39 is 17.6 Å². The highest BCUT2D eigenvalue weighted by molar-refractivity contribution is 5.91. The van der Waals surface area contributed by atoms with E-state index in [4.69, 9.17) is 0 Å². The van der Waals surface area contributed by atoms with Crippen molar-refractivity contribution in [2.24, 2.45) is 34.5 Å². The van der Waals surface area contributed by atoms with E-state index in [2.05, 4.69) is 6.92 Å². The predicted octanol–water partition coefficient (Wildman–Crippen LogP) is 2.67. The van der Waals surface area contributed by atoms with Gasteiger partial charge in [-0.3, -0.25) is 9.59 Å². The molecule has 8 atom stereocenters.